The lowest BCUT2D eigenvalue weighted by Gasteiger charge is -2.44. The molecule has 27 heavy (non-hydrogen) atoms. The predicted molar refractivity (Wildman–Crippen MR) is 105 cm³/mol. The Kier molecular flexibility index (Phi) is 6.04. The van der Waals surface area contributed by atoms with Crippen molar-refractivity contribution in [2.75, 3.05) is 19.7 Å². The largest absolute Gasteiger partial charge is 0.388 e. The highest BCUT2D eigenvalue weighted by atomic mass is 16.3. The van der Waals surface area contributed by atoms with Crippen LogP contribution in [0.25, 0.3) is 0 Å². The summed E-state index contributed by atoms with van der Waals surface area (Å²) in [5, 5.41) is 8.94. The predicted octanol–water partition coefficient (Wildman–Crippen LogP) is 2.60. The van der Waals surface area contributed by atoms with Gasteiger partial charge in [-0.15, -0.1) is 0 Å². The van der Waals surface area contributed by atoms with Crippen LogP contribution in [-0.2, 0) is 6.54 Å². The second kappa shape index (κ2) is 8.46. The number of ketones is 1. The van der Waals surface area contributed by atoms with Gasteiger partial charge in [-0.2, -0.15) is 0 Å². The first-order chi connectivity index (χ1) is 13.0. The van der Waals surface area contributed by atoms with E-state index in [4.69, 9.17) is 5.11 Å². The molecular weight excluding hydrogens is 340 g/mol. The lowest BCUT2D eigenvalue weighted by Crippen LogP contribution is -2.58. The van der Waals surface area contributed by atoms with Crippen LogP contribution in [0.5, 0.6) is 0 Å². The molecule has 1 heterocycles. The minimum Gasteiger partial charge on any atom is -0.388 e. The standard InChI is InChI=1S/C22H26N2O3/c1-16-12-23(14-18-8-10-19(11-9-18)21(26)15-25)13-17(2)24(16)22(27)20-6-4-3-5-7-20/h3-11,16-17,25H,12-15H2,1-2H3/t16-,17+. The van der Waals surface area contributed by atoms with Gasteiger partial charge in [0.05, 0.1) is 0 Å². The van der Waals surface area contributed by atoms with E-state index in [9.17, 15) is 9.59 Å². The quantitative estimate of drug-likeness (QED) is 0.827. The molecular formula is C22H26N2O3. The van der Waals surface area contributed by atoms with Gasteiger partial charge in [-0.3, -0.25) is 14.5 Å². The number of aliphatic hydroxyl groups excluding tert-OH is 1. The molecule has 0 spiro atoms. The van der Waals surface area contributed by atoms with Crippen molar-refractivity contribution in [2.24, 2.45) is 0 Å². The fourth-order valence-electron chi connectivity index (χ4n) is 3.84. The van der Waals surface area contributed by atoms with Crippen molar-refractivity contribution in [3.8, 4) is 0 Å². The number of hydrogen-bond acceptors (Lipinski definition) is 4. The molecule has 2 atom stereocenters. The zero-order valence-electron chi connectivity index (χ0n) is 15.8. The number of carbonyl (C=O) groups is 2. The third-order valence-electron chi connectivity index (χ3n) is 5.08. The van der Waals surface area contributed by atoms with Gasteiger partial charge in [0.2, 0.25) is 0 Å². The van der Waals surface area contributed by atoms with Crippen molar-refractivity contribution in [2.45, 2.75) is 32.5 Å². The molecule has 0 radical (unpaired) electrons. The topological polar surface area (TPSA) is 60.9 Å². The number of nitrogens with zero attached hydrogens (tertiary/aromatic N) is 2. The van der Waals surface area contributed by atoms with E-state index in [1.165, 1.54) is 0 Å². The number of amides is 1. The highest BCUT2D eigenvalue weighted by Gasteiger charge is 2.33. The molecule has 1 fully saturated rings. The Balaban J connectivity index is 1.65. The maximum absolute atomic E-state index is 12.9. The Bertz CT molecular complexity index is 777. The van der Waals surface area contributed by atoms with Crippen molar-refractivity contribution >= 4 is 11.7 Å². The van der Waals surface area contributed by atoms with Crippen LogP contribution in [0.15, 0.2) is 54.6 Å². The Hall–Kier alpha value is -2.50. The first kappa shape index (κ1) is 19.3. The SMILES string of the molecule is C[C@@H]1CN(Cc2ccc(C(=O)CO)cc2)C[C@H](C)N1C(=O)c1ccccc1. The van der Waals surface area contributed by atoms with Gasteiger partial charge in [0.15, 0.2) is 5.78 Å². The number of rotatable bonds is 5. The van der Waals surface area contributed by atoms with Crippen LogP contribution < -0.4 is 0 Å². The average molecular weight is 366 g/mol. The molecule has 5 nitrogen and oxygen atoms in total. The lowest BCUT2D eigenvalue weighted by atomic mass is 10.0. The Morgan fingerprint density at radius 1 is 0.926 bits per heavy atom. The molecule has 0 aliphatic carbocycles. The van der Waals surface area contributed by atoms with E-state index in [1.807, 2.05) is 47.4 Å². The lowest BCUT2D eigenvalue weighted by molar-refractivity contribution is 0.0268. The van der Waals surface area contributed by atoms with E-state index in [2.05, 4.69) is 18.7 Å². The van der Waals surface area contributed by atoms with Gasteiger partial charge in [-0.05, 0) is 31.5 Å². The van der Waals surface area contributed by atoms with Crippen molar-refractivity contribution in [3.05, 3.63) is 71.3 Å². The Morgan fingerprint density at radius 3 is 2.07 bits per heavy atom. The van der Waals surface area contributed by atoms with Crippen LogP contribution in [-0.4, -0.2) is 58.4 Å². The summed E-state index contributed by atoms with van der Waals surface area (Å²) in [6, 6.07) is 17.1. The molecule has 0 unspecified atom stereocenters. The molecule has 3 rings (SSSR count). The Labute approximate surface area is 160 Å². The highest BCUT2D eigenvalue weighted by molar-refractivity contribution is 5.97. The van der Waals surface area contributed by atoms with Crippen molar-refractivity contribution < 1.29 is 14.7 Å². The van der Waals surface area contributed by atoms with Gasteiger partial charge in [-0.1, -0.05) is 42.5 Å². The van der Waals surface area contributed by atoms with Crippen LogP contribution in [0, 0.1) is 0 Å². The molecule has 2 aromatic rings. The second-order valence-corrected chi connectivity index (χ2v) is 7.25. The molecule has 1 aliphatic heterocycles. The maximum atomic E-state index is 12.9. The van der Waals surface area contributed by atoms with Crippen molar-refractivity contribution in [3.63, 3.8) is 0 Å². The van der Waals surface area contributed by atoms with Gasteiger partial charge in [-0.25, -0.2) is 0 Å². The van der Waals surface area contributed by atoms with E-state index in [0.717, 1.165) is 30.8 Å². The zero-order chi connectivity index (χ0) is 19.4. The summed E-state index contributed by atoms with van der Waals surface area (Å²) >= 11 is 0. The van der Waals surface area contributed by atoms with E-state index in [1.54, 1.807) is 12.1 Å². The summed E-state index contributed by atoms with van der Waals surface area (Å²) in [5.74, 6) is -0.182. The molecule has 5 heteroatoms. The minimum absolute atomic E-state index is 0.0853. The highest BCUT2D eigenvalue weighted by Crippen LogP contribution is 2.21. The summed E-state index contributed by atoms with van der Waals surface area (Å²) in [6.07, 6.45) is 0. The van der Waals surface area contributed by atoms with E-state index in [-0.39, 0.29) is 23.8 Å². The number of Topliss-reactive ketones (excluding diaryl/α,β-unsaturated/α-hetero) is 1. The molecule has 0 aromatic heterocycles. The van der Waals surface area contributed by atoms with E-state index in [0.29, 0.717) is 5.56 Å². The minimum atomic E-state index is -0.466. The molecule has 0 bridgehead atoms. The van der Waals surface area contributed by atoms with Gasteiger partial charge >= 0.3 is 0 Å². The zero-order valence-corrected chi connectivity index (χ0v) is 15.8. The average Bonchev–Trinajstić information content (AvgIpc) is 2.68. The summed E-state index contributed by atoms with van der Waals surface area (Å²) in [5.41, 5.74) is 2.38. The summed E-state index contributed by atoms with van der Waals surface area (Å²) in [6.45, 7) is 6.10. The summed E-state index contributed by atoms with van der Waals surface area (Å²) in [7, 11) is 0. The van der Waals surface area contributed by atoms with Gasteiger partial charge in [0, 0.05) is 42.8 Å². The summed E-state index contributed by atoms with van der Waals surface area (Å²) < 4.78 is 0. The Morgan fingerprint density at radius 2 is 1.52 bits per heavy atom. The fraction of sp³-hybridized carbons (Fsp3) is 0.364. The number of carbonyl (C=O) groups excluding carboxylic acids is 2. The van der Waals surface area contributed by atoms with Crippen LogP contribution >= 0.6 is 0 Å². The number of hydrogen-bond donors (Lipinski definition) is 1. The van der Waals surface area contributed by atoms with Crippen molar-refractivity contribution in [1.82, 2.24) is 9.80 Å². The molecule has 0 saturated carbocycles. The molecule has 1 aliphatic rings. The van der Waals surface area contributed by atoms with Gasteiger partial charge in [0.25, 0.3) is 5.91 Å². The van der Waals surface area contributed by atoms with Crippen molar-refractivity contribution in [1.29, 1.82) is 0 Å². The first-order valence-corrected chi connectivity index (χ1v) is 9.32. The number of aliphatic hydroxyl groups is 1. The van der Waals surface area contributed by atoms with E-state index >= 15 is 0 Å². The smallest absolute Gasteiger partial charge is 0.254 e. The summed E-state index contributed by atoms with van der Waals surface area (Å²) in [4.78, 5) is 28.7. The molecule has 142 valence electrons. The monoisotopic (exact) mass is 366 g/mol. The molecule has 1 N–H and O–H groups in total. The molecule has 1 amide bonds. The van der Waals surface area contributed by atoms with Crippen LogP contribution in [0.4, 0.5) is 0 Å². The third-order valence-corrected chi connectivity index (χ3v) is 5.08. The van der Waals surface area contributed by atoms with Gasteiger partial charge in [0.1, 0.15) is 6.61 Å². The first-order valence-electron chi connectivity index (χ1n) is 9.32. The maximum Gasteiger partial charge on any atom is 0.254 e. The van der Waals surface area contributed by atoms with Gasteiger partial charge < -0.3 is 10.0 Å². The van der Waals surface area contributed by atoms with E-state index < -0.39 is 6.61 Å². The fourth-order valence-corrected chi connectivity index (χ4v) is 3.84. The third kappa shape index (κ3) is 4.43. The molecule has 1 saturated heterocycles. The molecule has 2 aromatic carbocycles. The normalized spacial score (nSPS) is 20.5. The number of benzene rings is 2. The number of piperazine rings is 1. The van der Waals surface area contributed by atoms with Crippen LogP contribution in [0.1, 0.15) is 40.1 Å². The van der Waals surface area contributed by atoms with Crippen LogP contribution in [0.3, 0.4) is 0 Å². The second-order valence-electron chi connectivity index (χ2n) is 7.25. The van der Waals surface area contributed by atoms with Crippen LogP contribution in [0.2, 0.25) is 0 Å².